The van der Waals surface area contributed by atoms with Crippen LogP contribution in [0.15, 0.2) is 30.5 Å². The SMILES string of the molecule is CCc1ccn(-c2cccc(N)n2)n1. The van der Waals surface area contributed by atoms with Crippen LogP contribution >= 0.6 is 0 Å². The number of aryl methyl sites for hydroxylation is 1. The Morgan fingerprint density at radius 2 is 2.21 bits per heavy atom. The molecule has 4 heteroatoms. The van der Waals surface area contributed by atoms with Crippen molar-refractivity contribution in [1.29, 1.82) is 0 Å². The number of hydrogen-bond acceptors (Lipinski definition) is 3. The molecule has 0 bridgehead atoms. The second-order valence-electron chi connectivity index (χ2n) is 3.03. The molecule has 0 aromatic carbocycles. The normalized spacial score (nSPS) is 10.4. The van der Waals surface area contributed by atoms with Crippen molar-refractivity contribution in [3.05, 3.63) is 36.2 Å². The zero-order chi connectivity index (χ0) is 9.97. The van der Waals surface area contributed by atoms with Crippen molar-refractivity contribution in [2.75, 3.05) is 5.73 Å². The van der Waals surface area contributed by atoms with Gasteiger partial charge in [-0.3, -0.25) is 0 Å². The molecule has 0 spiro atoms. The maximum absolute atomic E-state index is 5.58. The van der Waals surface area contributed by atoms with Crippen LogP contribution in [0.25, 0.3) is 5.82 Å². The molecule has 0 radical (unpaired) electrons. The predicted molar refractivity (Wildman–Crippen MR) is 55.1 cm³/mol. The van der Waals surface area contributed by atoms with Crippen LogP contribution < -0.4 is 5.73 Å². The molecule has 72 valence electrons. The summed E-state index contributed by atoms with van der Waals surface area (Å²) in [5.74, 6) is 1.26. The summed E-state index contributed by atoms with van der Waals surface area (Å²) in [5, 5.41) is 4.34. The van der Waals surface area contributed by atoms with E-state index in [2.05, 4.69) is 17.0 Å². The maximum atomic E-state index is 5.58. The monoisotopic (exact) mass is 188 g/mol. The Labute approximate surface area is 82.4 Å². The lowest BCUT2D eigenvalue weighted by molar-refractivity contribution is 0.817. The van der Waals surface area contributed by atoms with Crippen molar-refractivity contribution >= 4 is 5.82 Å². The molecule has 0 atom stereocenters. The minimum atomic E-state index is 0.510. The van der Waals surface area contributed by atoms with Gasteiger partial charge in [0.1, 0.15) is 5.82 Å². The Bertz CT molecular complexity index is 433. The molecule has 0 saturated heterocycles. The van der Waals surface area contributed by atoms with Gasteiger partial charge >= 0.3 is 0 Å². The second kappa shape index (κ2) is 3.49. The molecular formula is C10H12N4. The second-order valence-corrected chi connectivity index (χ2v) is 3.03. The highest BCUT2D eigenvalue weighted by Crippen LogP contribution is 2.06. The van der Waals surface area contributed by atoms with E-state index in [9.17, 15) is 0 Å². The van der Waals surface area contributed by atoms with Gasteiger partial charge in [-0.05, 0) is 24.6 Å². The lowest BCUT2D eigenvalue weighted by Gasteiger charge is -2.00. The first kappa shape index (κ1) is 8.74. The average Bonchev–Trinajstić information content (AvgIpc) is 2.66. The summed E-state index contributed by atoms with van der Waals surface area (Å²) in [6, 6.07) is 7.48. The van der Waals surface area contributed by atoms with E-state index in [1.165, 1.54) is 0 Å². The summed E-state index contributed by atoms with van der Waals surface area (Å²) in [6.45, 7) is 2.07. The van der Waals surface area contributed by atoms with Crippen molar-refractivity contribution in [1.82, 2.24) is 14.8 Å². The number of aromatic nitrogens is 3. The molecule has 0 saturated carbocycles. The van der Waals surface area contributed by atoms with Crippen LogP contribution in [-0.2, 0) is 6.42 Å². The largest absolute Gasteiger partial charge is 0.384 e. The van der Waals surface area contributed by atoms with Crippen LogP contribution in [0.4, 0.5) is 5.82 Å². The molecule has 0 aliphatic heterocycles. The van der Waals surface area contributed by atoms with Crippen LogP contribution in [0.5, 0.6) is 0 Å². The van der Waals surface area contributed by atoms with Gasteiger partial charge in [0.05, 0.1) is 5.69 Å². The molecule has 2 rings (SSSR count). The highest BCUT2D eigenvalue weighted by Gasteiger charge is 2.00. The minimum absolute atomic E-state index is 0.510. The van der Waals surface area contributed by atoms with Gasteiger partial charge < -0.3 is 5.73 Å². The van der Waals surface area contributed by atoms with Crippen LogP contribution in [0.1, 0.15) is 12.6 Å². The van der Waals surface area contributed by atoms with Crippen LogP contribution in [-0.4, -0.2) is 14.8 Å². The first-order valence-corrected chi connectivity index (χ1v) is 4.57. The molecule has 2 aromatic rings. The van der Waals surface area contributed by atoms with E-state index in [0.29, 0.717) is 5.82 Å². The van der Waals surface area contributed by atoms with Gasteiger partial charge in [-0.1, -0.05) is 13.0 Å². The quantitative estimate of drug-likeness (QED) is 0.775. The summed E-state index contributed by atoms with van der Waals surface area (Å²) in [4.78, 5) is 4.17. The molecule has 4 nitrogen and oxygen atoms in total. The molecule has 2 aromatic heterocycles. The summed E-state index contributed by atoms with van der Waals surface area (Å²) in [5.41, 5.74) is 6.63. The standard InChI is InChI=1S/C10H12N4/c1-2-8-6-7-14(13-8)10-5-3-4-9(11)12-10/h3-7H,2H2,1H3,(H2,11,12). The van der Waals surface area contributed by atoms with Crippen molar-refractivity contribution < 1.29 is 0 Å². The fourth-order valence-corrected chi connectivity index (χ4v) is 1.25. The maximum Gasteiger partial charge on any atom is 0.155 e. The number of nitrogen functional groups attached to an aromatic ring is 1. The molecule has 2 heterocycles. The predicted octanol–water partition coefficient (Wildman–Crippen LogP) is 1.41. The highest BCUT2D eigenvalue weighted by atomic mass is 15.3. The third kappa shape index (κ3) is 1.59. The Hall–Kier alpha value is -1.84. The Balaban J connectivity index is 2.39. The van der Waals surface area contributed by atoms with E-state index in [1.54, 1.807) is 10.7 Å². The summed E-state index contributed by atoms with van der Waals surface area (Å²) < 4.78 is 1.73. The number of anilines is 1. The lowest BCUT2D eigenvalue weighted by atomic mass is 10.4. The molecule has 0 unspecified atom stereocenters. The minimum Gasteiger partial charge on any atom is -0.384 e. The van der Waals surface area contributed by atoms with E-state index in [0.717, 1.165) is 17.9 Å². The fraction of sp³-hybridized carbons (Fsp3) is 0.200. The lowest BCUT2D eigenvalue weighted by Crippen LogP contribution is -2.00. The highest BCUT2D eigenvalue weighted by molar-refractivity contribution is 5.34. The first-order chi connectivity index (χ1) is 6.79. The summed E-state index contributed by atoms with van der Waals surface area (Å²) in [7, 11) is 0. The zero-order valence-electron chi connectivity index (χ0n) is 8.01. The van der Waals surface area contributed by atoms with Gasteiger partial charge in [-0.15, -0.1) is 0 Å². The first-order valence-electron chi connectivity index (χ1n) is 4.57. The molecule has 14 heavy (non-hydrogen) atoms. The van der Waals surface area contributed by atoms with Crippen LogP contribution in [0.3, 0.4) is 0 Å². The molecule has 0 amide bonds. The fourth-order valence-electron chi connectivity index (χ4n) is 1.25. The number of pyridine rings is 1. The Morgan fingerprint density at radius 3 is 2.86 bits per heavy atom. The van der Waals surface area contributed by atoms with Gasteiger partial charge in [-0.25, -0.2) is 9.67 Å². The van der Waals surface area contributed by atoms with Crippen LogP contribution in [0, 0.1) is 0 Å². The molecule has 0 fully saturated rings. The number of nitrogens with two attached hydrogens (primary N) is 1. The molecule has 0 aliphatic rings. The van der Waals surface area contributed by atoms with E-state index >= 15 is 0 Å². The van der Waals surface area contributed by atoms with Crippen molar-refractivity contribution in [2.45, 2.75) is 13.3 Å². The Morgan fingerprint density at radius 1 is 1.36 bits per heavy atom. The molecular weight excluding hydrogens is 176 g/mol. The van der Waals surface area contributed by atoms with Crippen molar-refractivity contribution in [3.8, 4) is 5.82 Å². The van der Waals surface area contributed by atoms with Crippen LogP contribution in [0.2, 0.25) is 0 Å². The van der Waals surface area contributed by atoms with Crippen molar-refractivity contribution in [3.63, 3.8) is 0 Å². The van der Waals surface area contributed by atoms with Gasteiger partial charge in [-0.2, -0.15) is 5.10 Å². The van der Waals surface area contributed by atoms with E-state index in [4.69, 9.17) is 5.73 Å². The Kier molecular flexibility index (Phi) is 2.18. The molecule has 0 aliphatic carbocycles. The number of hydrogen-bond donors (Lipinski definition) is 1. The van der Waals surface area contributed by atoms with Gasteiger partial charge in [0.2, 0.25) is 0 Å². The topological polar surface area (TPSA) is 56.7 Å². The summed E-state index contributed by atoms with van der Waals surface area (Å²) in [6.07, 6.45) is 2.82. The van der Waals surface area contributed by atoms with E-state index < -0.39 is 0 Å². The zero-order valence-corrected chi connectivity index (χ0v) is 8.01. The van der Waals surface area contributed by atoms with Crippen molar-refractivity contribution in [2.24, 2.45) is 0 Å². The number of nitrogens with zero attached hydrogens (tertiary/aromatic N) is 3. The van der Waals surface area contributed by atoms with Gasteiger partial charge in [0.25, 0.3) is 0 Å². The third-order valence-electron chi connectivity index (χ3n) is 2.00. The van der Waals surface area contributed by atoms with E-state index in [-0.39, 0.29) is 0 Å². The van der Waals surface area contributed by atoms with E-state index in [1.807, 2.05) is 24.4 Å². The summed E-state index contributed by atoms with van der Waals surface area (Å²) >= 11 is 0. The smallest absolute Gasteiger partial charge is 0.155 e. The molecule has 2 N–H and O–H groups in total. The van der Waals surface area contributed by atoms with Gasteiger partial charge in [0.15, 0.2) is 5.82 Å². The van der Waals surface area contributed by atoms with Gasteiger partial charge in [0, 0.05) is 6.20 Å². The number of rotatable bonds is 2. The average molecular weight is 188 g/mol. The third-order valence-corrected chi connectivity index (χ3v) is 2.00.